The topological polar surface area (TPSA) is 188 Å². The number of fused-ring (bicyclic) bond motifs is 1. The maximum Gasteiger partial charge on any atom is 0.354 e. The molecule has 2 aliphatic rings. The third kappa shape index (κ3) is 17.6. The van der Waals surface area contributed by atoms with Gasteiger partial charge in [0, 0.05) is 37.5 Å². The average molecular weight is 788 g/mol. The van der Waals surface area contributed by atoms with Gasteiger partial charge in [0.1, 0.15) is 16.8 Å². The van der Waals surface area contributed by atoms with E-state index in [2.05, 4.69) is 33.6 Å². The summed E-state index contributed by atoms with van der Waals surface area (Å²) >= 11 is 1.09. The van der Waals surface area contributed by atoms with Crippen LogP contribution in [0.5, 0.6) is 0 Å². The van der Waals surface area contributed by atoms with Gasteiger partial charge in [0.2, 0.25) is 0 Å². The number of aromatic carboxylic acids is 2. The fourth-order valence-corrected chi connectivity index (χ4v) is 6.64. The van der Waals surface area contributed by atoms with Crippen LogP contribution in [0, 0.1) is 16.6 Å². The maximum absolute atomic E-state index is 11.7. The van der Waals surface area contributed by atoms with Gasteiger partial charge in [0.15, 0.2) is 0 Å². The SMILES string of the molecule is CC(C)(CO)SC#N.CC(C)CCC(c1cccc(C(=O)O)n1)N1CCOCCOCCN(Cc2cccc(C(=O)O)n2)CCOC2CCCCC2OCC1. The molecule has 3 N–H and O–H groups in total. The Hall–Kier alpha value is -3.20. The Morgan fingerprint density at radius 1 is 0.855 bits per heavy atom. The molecule has 55 heavy (non-hydrogen) atoms. The number of rotatable bonds is 11. The second-order valence-corrected chi connectivity index (χ2v) is 16.3. The number of nitriles is 1. The highest BCUT2D eigenvalue weighted by molar-refractivity contribution is 8.05. The van der Waals surface area contributed by atoms with Gasteiger partial charge in [-0.1, -0.05) is 38.8 Å². The molecule has 1 saturated heterocycles. The zero-order chi connectivity index (χ0) is 40.1. The molecule has 3 heterocycles. The molecule has 0 amide bonds. The summed E-state index contributed by atoms with van der Waals surface area (Å²) in [5.41, 5.74) is 1.53. The number of thiocyanates is 1. The third-order valence-electron chi connectivity index (χ3n) is 9.44. The van der Waals surface area contributed by atoms with Gasteiger partial charge in [-0.15, -0.1) is 0 Å². The maximum atomic E-state index is 11.7. The molecule has 306 valence electrons. The Kier molecular flexibility index (Phi) is 21.1. The molecule has 0 bridgehead atoms. The zero-order valence-electron chi connectivity index (χ0n) is 32.9. The molecular formula is C40H61N5O9S. The number of hydrogen-bond donors (Lipinski definition) is 3. The van der Waals surface area contributed by atoms with Gasteiger partial charge in [0.05, 0.1) is 75.9 Å². The number of carboxylic acid groups (broad SMARTS) is 2. The lowest BCUT2D eigenvalue weighted by Crippen LogP contribution is -2.40. The van der Waals surface area contributed by atoms with Crippen molar-refractivity contribution in [2.24, 2.45) is 5.92 Å². The molecule has 1 aliphatic heterocycles. The molecule has 3 atom stereocenters. The van der Waals surface area contributed by atoms with Crippen molar-refractivity contribution in [1.82, 2.24) is 19.8 Å². The van der Waals surface area contributed by atoms with E-state index in [-0.39, 0.29) is 41.0 Å². The standard InChI is InChI=1S/C35H52N4O8.C5H9NOS/c1-26(2)13-14-31(28-8-6-10-30(37-28)35(42)43)39-17-20-45-24-23-44-19-15-38(25-27-7-5-9-29(36-27)34(40)41)16-21-46-32-11-3-4-12-33(32)47-22-18-39;1-5(2,3-7)8-4-6/h5-10,26,31-33H,3-4,11-25H2,1-2H3,(H,40,41)(H,42,43);7H,3H2,1-2H3. The van der Waals surface area contributed by atoms with Crippen LogP contribution >= 0.6 is 11.8 Å². The second kappa shape index (κ2) is 25.1. The summed E-state index contributed by atoms with van der Waals surface area (Å²) in [6, 6.07) is 10.2. The number of hydrogen-bond acceptors (Lipinski definition) is 13. The number of pyridine rings is 2. The molecule has 3 unspecified atom stereocenters. The fourth-order valence-electron chi connectivity index (χ4n) is 6.33. The highest BCUT2D eigenvalue weighted by Crippen LogP contribution is 2.28. The average Bonchev–Trinajstić information content (AvgIpc) is 3.16. The summed E-state index contributed by atoms with van der Waals surface area (Å²) in [5, 5.41) is 37.6. The van der Waals surface area contributed by atoms with E-state index in [1.54, 1.807) is 12.1 Å². The molecule has 0 spiro atoms. The Bertz CT molecular complexity index is 1480. The summed E-state index contributed by atoms with van der Waals surface area (Å²) in [4.78, 5) is 36.5. The quantitative estimate of drug-likeness (QED) is 0.242. The van der Waals surface area contributed by atoms with Crippen molar-refractivity contribution in [1.29, 1.82) is 5.26 Å². The number of aromatic nitrogens is 2. The Labute approximate surface area is 330 Å². The Balaban J connectivity index is 0.000000912. The molecule has 2 aromatic rings. The minimum atomic E-state index is -1.04. The summed E-state index contributed by atoms with van der Waals surface area (Å²) in [5.74, 6) is -1.58. The van der Waals surface area contributed by atoms with Crippen molar-refractivity contribution in [2.75, 3.05) is 72.4 Å². The van der Waals surface area contributed by atoms with E-state index in [1.807, 2.05) is 31.4 Å². The molecular weight excluding hydrogens is 727 g/mol. The normalized spacial score (nSPS) is 20.8. The number of aliphatic hydroxyl groups excluding tert-OH is 1. The first-order valence-electron chi connectivity index (χ1n) is 19.3. The largest absolute Gasteiger partial charge is 0.477 e. The van der Waals surface area contributed by atoms with Gasteiger partial charge in [-0.25, -0.2) is 19.6 Å². The van der Waals surface area contributed by atoms with Crippen molar-refractivity contribution in [3.05, 3.63) is 59.2 Å². The highest BCUT2D eigenvalue weighted by atomic mass is 32.2. The van der Waals surface area contributed by atoms with Gasteiger partial charge < -0.3 is 34.3 Å². The summed E-state index contributed by atoms with van der Waals surface area (Å²) in [6.07, 6.45) is 5.89. The molecule has 1 aliphatic carbocycles. The number of ether oxygens (including phenoxy) is 4. The van der Waals surface area contributed by atoms with Crippen LogP contribution in [0.1, 0.15) is 105 Å². The first kappa shape index (κ1) is 46.2. The number of carboxylic acids is 2. The zero-order valence-corrected chi connectivity index (χ0v) is 33.8. The first-order chi connectivity index (χ1) is 26.4. The predicted octanol–water partition coefficient (Wildman–Crippen LogP) is 5.52. The van der Waals surface area contributed by atoms with Crippen LogP contribution in [0.15, 0.2) is 36.4 Å². The van der Waals surface area contributed by atoms with Crippen LogP contribution < -0.4 is 0 Å². The van der Waals surface area contributed by atoms with Gasteiger partial charge in [-0.05, 0) is 81.5 Å². The molecule has 15 heteroatoms. The van der Waals surface area contributed by atoms with Gasteiger partial charge in [-0.2, -0.15) is 5.26 Å². The highest BCUT2D eigenvalue weighted by Gasteiger charge is 2.28. The van der Waals surface area contributed by atoms with E-state index >= 15 is 0 Å². The van der Waals surface area contributed by atoms with Gasteiger partial charge in [-0.3, -0.25) is 9.80 Å². The van der Waals surface area contributed by atoms with E-state index in [9.17, 15) is 19.8 Å². The lowest BCUT2D eigenvalue weighted by Gasteiger charge is -2.35. The monoisotopic (exact) mass is 787 g/mol. The van der Waals surface area contributed by atoms with Crippen LogP contribution in [0.25, 0.3) is 0 Å². The Morgan fingerprint density at radius 2 is 1.42 bits per heavy atom. The number of nitrogens with zero attached hydrogens (tertiary/aromatic N) is 5. The van der Waals surface area contributed by atoms with Crippen LogP contribution in [0.2, 0.25) is 0 Å². The van der Waals surface area contributed by atoms with E-state index in [4.69, 9.17) is 29.3 Å². The number of thioether (sulfide) groups is 1. The fraction of sp³-hybridized carbons (Fsp3) is 0.675. The van der Waals surface area contributed by atoms with Crippen LogP contribution in [0.3, 0.4) is 0 Å². The van der Waals surface area contributed by atoms with Crippen molar-refractivity contribution in [3.8, 4) is 5.40 Å². The minimum absolute atomic E-state index is 0.00312. The van der Waals surface area contributed by atoms with E-state index < -0.39 is 11.9 Å². The third-order valence-corrected chi connectivity index (χ3v) is 10.2. The first-order valence-corrected chi connectivity index (χ1v) is 20.2. The smallest absolute Gasteiger partial charge is 0.354 e. The molecule has 2 fully saturated rings. The van der Waals surface area contributed by atoms with Crippen molar-refractivity contribution >= 4 is 23.7 Å². The van der Waals surface area contributed by atoms with Crippen molar-refractivity contribution in [3.63, 3.8) is 0 Å². The second-order valence-electron chi connectivity index (χ2n) is 14.8. The molecule has 0 aromatic carbocycles. The minimum Gasteiger partial charge on any atom is -0.477 e. The van der Waals surface area contributed by atoms with Gasteiger partial charge >= 0.3 is 11.9 Å². The summed E-state index contributed by atoms with van der Waals surface area (Å²) in [6.45, 7) is 14.1. The van der Waals surface area contributed by atoms with Crippen LogP contribution in [-0.2, 0) is 25.5 Å². The number of aliphatic hydroxyl groups is 1. The van der Waals surface area contributed by atoms with Crippen LogP contribution in [0.4, 0.5) is 0 Å². The van der Waals surface area contributed by atoms with E-state index in [0.717, 1.165) is 56.0 Å². The molecule has 4 rings (SSSR count). The lowest BCUT2D eigenvalue weighted by atomic mass is 9.94. The molecule has 2 aromatic heterocycles. The van der Waals surface area contributed by atoms with E-state index in [1.165, 1.54) is 12.1 Å². The molecule has 1 saturated carbocycles. The number of carbonyl (C=O) groups is 2. The summed E-state index contributed by atoms with van der Waals surface area (Å²) in [7, 11) is 0. The molecule has 14 nitrogen and oxygen atoms in total. The van der Waals surface area contributed by atoms with Crippen LogP contribution in [-0.4, -0.2) is 136 Å². The summed E-state index contributed by atoms with van der Waals surface area (Å²) < 4.78 is 24.6. The van der Waals surface area contributed by atoms with Gasteiger partial charge in [0.25, 0.3) is 0 Å². The van der Waals surface area contributed by atoms with Crippen molar-refractivity contribution in [2.45, 2.75) is 95.8 Å². The lowest BCUT2D eigenvalue weighted by molar-refractivity contribution is -0.101. The predicted molar refractivity (Wildman–Crippen MR) is 210 cm³/mol. The molecule has 0 radical (unpaired) electrons. The van der Waals surface area contributed by atoms with Crippen molar-refractivity contribution < 1.29 is 43.9 Å². The van der Waals surface area contributed by atoms with E-state index in [0.29, 0.717) is 84.0 Å². The Morgan fingerprint density at radius 3 is 2.00 bits per heavy atom.